The van der Waals surface area contributed by atoms with Gasteiger partial charge in [0, 0.05) is 45.0 Å². The van der Waals surface area contributed by atoms with Crippen LogP contribution in [0.2, 0.25) is 0 Å². The smallest absolute Gasteiger partial charge is 0.254 e. The summed E-state index contributed by atoms with van der Waals surface area (Å²) in [6.45, 7) is 6.74. The van der Waals surface area contributed by atoms with Crippen LogP contribution < -0.4 is 9.62 Å². The number of hydrogen-bond acceptors (Lipinski definition) is 4. The first kappa shape index (κ1) is 21.9. The molecule has 152 valence electrons. The monoisotopic (exact) mass is 403 g/mol. The standard InChI is InChI=1S/C21H29N3O3S/c1-6-22-28(26,27)19-13-8-16(3)20(14-19)21(25)24(7-2)15-17-9-11-18(12-10-17)23(4)5/h8-14,22H,6-7,15H2,1-5H3. The fourth-order valence-electron chi connectivity index (χ4n) is 2.89. The van der Waals surface area contributed by atoms with E-state index in [-0.39, 0.29) is 10.8 Å². The van der Waals surface area contributed by atoms with Gasteiger partial charge in [0.25, 0.3) is 5.91 Å². The first-order valence-electron chi connectivity index (χ1n) is 9.35. The second kappa shape index (κ2) is 9.21. The number of amides is 1. The molecule has 2 aromatic carbocycles. The van der Waals surface area contributed by atoms with E-state index in [0.717, 1.165) is 16.8 Å². The van der Waals surface area contributed by atoms with Crippen LogP contribution in [0, 0.1) is 6.92 Å². The maximum Gasteiger partial charge on any atom is 0.254 e. The first-order valence-corrected chi connectivity index (χ1v) is 10.8. The third kappa shape index (κ3) is 5.11. The van der Waals surface area contributed by atoms with E-state index < -0.39 is 10.0 Å². The minimum Gasteiger partial charge on any atom is -0.378 e. The molecular formula is C21H29N3O3S. The zero-order valence-electron chi connectivity index (χ0n) is 17.2. The van der Waals surface area contributed by atoms with Gasteiger partial charge in [0.2, 0.25) is 10.0 Å². The van der Waals surface area contributed by atoms with Crippen molar-refractivity contribution in [2.24, 2.45) is 0 Å². The Bertz CT molecular complexity index is 922. The zero-order chi connectivity index (χ0) is 20.9. The molecule has 0 saturated heterocycles. The van der Waals surface area contributed by atoms with Crippen LogP contribution in [0.3, 0.4) is 0 Å². The number of benzene rings is 2. The van der Waals surface area contributed by atoms with Crippen molar-refractivity contribution in [3.63, 3.8) is 0 Å². The highest BCUT2D eigenvalue weighted by Crippen LogP contribution is 2.19. The third-order valence-electron chi connectivity index (χ3n) is 4.58. The molecule has 28 heavy (non-hydrogen) atoms. The largest absolute Gasteiger partial charge is 0.378 e. The van der Waals surface area contributed by atoms with E-state index in [1.165, 1.54) is 12.1 Å². The summed E-state index contributed by atoms with van der Waals surface area (Å²) in [5, 5.41) is 0. The molecule has 0 heterocycles. The van der Waals surface area contributed by atoms with Crippen LogP contribution >= 0.6 is 0 Å². The minimum atomic E-state index is -3.61. The van der Waals surface area contributed by atoms with E-state index in [2.05, 4.69) is 4.72 Å². The Morgan fingerprint density at radius 1 is 1.04 bits per heavy atom. The maximum atomic E-state index is 13.1. The number of carbonyl (C=O) groups excluding carboxylic acids is 1. The molecule has 0 bridgehead atoms. The Morgan fingerprint density at radius 2 is 1.68 bits per heavy atom. The van der Waals surface area contributed by atoms with Gasteiger partial charge in [0.15, 0.2) is 0 Å². The molecule has 7 heteroatoms. The number of carbonyl (C=O) groups is 1. The third-order valence-corrected chi connectivity index (χ3v) is 6.12. The number of sulfonamides is 1. The molecule has 0 unspecified atom stereocenters. The topological polar surface area (TPSA) is 69.7 Å². The van der Waals surface area contributed by atoms with Crippen molar-refractivity contribution in [2.75, 3.05) is 32.1 Å². The lowest BCUT2D eigenvalue weighted by Crippen LogP contribution is -2.31. The minimum absolute atomic E-state index is 0.106. The Hall–Kier alpha value is -2.38. The zero-order valence-corrected chi connectivity index (χ0v) is 18.0. The average molecular weight is 404 g/mol. The van der Waals surface area contributed by atoms with E-state index in [0.29, 0.717) is 25.2 Å². The number of rotatable bonds is 8. The van der Waals surface area contributed by atoms with Gasteiger partial charge in [-0.25, -0.2) is 13.1 Å². The summed E-state index contributed by atoms with van der Waals surface area (Å²) in [5.41, 5.74) is 3.28. The highest BCUT2D eigenvalue weighted by atomic mass is 32.2. The number of nitrogens with zero attached hydrogens (tertiary/aromatic N) is 2. The SMILES string of the molecule is CCNS(=O)(=O)c1ccc(C)c(C(=O)N(CC)Cc2ccc(N(C)C)cc2)c1. The summed E-state index contributed by atoms with van der Waals surface area (Å²) in [5.74, 6) is -0.176. The second-order valence-electron chi connectivity index (χ2n) is 6.86. The van der Waals surface area contributed by atoms with E-state index >= 15 is 0 Å². The summed E-state index contributed by atoms with van der Waals surface area (Å²) >= 11 is 0. The van der Waals surface area contributed by atoms with Gasteiger partial charge in [-0.05, 0) is 49.2 Å². The average Bonchev–Trinajstić information content (AvgIpc) is 2.66. The van der Waals surface area contributed by atoms with Crippen LogP contribution in [0.4, 0.5) is 5.69 Å². The Kier molecular flexibility index (Phi) is 7.21. The van der Waals surface area contributed by atoms with E-state index in [1.54, 1.807) is 17.9 Å². The van der Waals surface area contributed by atoms with Crippen LogP contribution in [0.1, 0.15) is 35.3 Å². The lowest BCUT2D eigenvalue weighted by molar-refractivity contribution is 0.0751. The molecule has 2 aromatic rings. The number of aryl methyl sites for hydroxylation is 1. The molecule has 0 aliphatic carbocycles. The molecule has 6 nitrogen and oxygen atoms in total. The van der Waals surface area contributed by atoms with Crippen LogP contribution in [-0.4, -0.2) is 46.4 Å². The van der Waals surface area contributed by atoms with Gasteiger partial charge in [-0.3, -0.25) is 4.79 Å². The van der Waals surface area contributed by atoms with Gasteiger partial charge in [-0.15, -0.1) is 0 Å². The van der Waals surface area contributed by atoms with Gasteiger partial charge in [0.1, 0.15) is 0 Å². The summed E-state index contributed by atoms with van der Waals surface area (Å²) in [6, 6.07) is 12.7. The molecule has 0 saturated carbocycles. The van der Waals surface area contributed by atoms with Crippen molar-refractivity contribution in [2.45, 2.75) is 32.2 Å². The van der Waals surface area contributed by atoms with Crippen LogP contribution in [0.25, 0.3) is 0 Å². The van der Waals surface area contributed by atoms with E-state index in [9.17, 15) is 13.2 Å². The van der Waals surface area contributed by atoms with Crippen molar-refractivity contribution in [1.29, 1.82) is 0 Å². The molecule has 0 aliphatic heterocycles. The molecule has 0 aliphatic rings. The summed E-state index contributed by atoms with van der Waals surface area (Å²) in [7, 11) is 0.348. The number of nitrogens with one attached hydrogen (secondary N) is 1. The summed E-state index contributed by atoms with van der Waals surface area (Å²) in [6.07, 6.45) is 0. The molecule has 0 spiro atoms. The van der Waals surface area contributed by atoms with E-state index in [4.69, 9.17) is 0 Å². The van der Waals surface area contributed by atoms with Crippen LogP contribution in [0.5, 0.6) is 0 Å². The molecular weight excluding hydrogens is 374 g/mol. The lowest BCUT2D eigenvalue weighted by Gasteiger charge is -2.23. The summed E-state index contributed by atoms with van der Waals surface area (Å²) in [4.78, 5) is 17.0. The molecule has 1 amide bonds. The van der Waals surface area contributed by atoms with Crippen LogP contribution in [-0.2, 0) is 16.6 Å². The summed E-state index contributed by atoms with van der Waals surface area (Å²) < 4.78 is 27.1. The molecule has 0 radical (unpaired) electrons. The Morgan fingerprint density at radius 3 is 2.21 bits per heavy atom. The number of anilines is 1. The van der Waals surface area contributed by atoms with Gasteiger partial charge < -0.3 is 9.80 Å². The van der Waals surface area contributed by atoms with Gasteiger partial charge in [-0.1, -0.05) is 25.1 Å². The van der Waals surface area contributed by atoms with Crippen molar-refractivity contribution in [3.05, 3.63) is 59.2 Å². The molecule has 0 atom stereocenters. The first-order chi connectivity index (χ1) is 13.2. The maximum absolute atomic E-state index is 13.1. The Labute approximate surface area is 168 Å². The fourth-order valence-corrected chi connectivity index (χ4v) is 3.96. The predicted octanol–water partition coefficient (Wildman–Crippen LogP) is 3.02. The van der Waals surface area contributed by atoms with Crippen molar-refractivity contribution in [3.8, 4) is 0 Å². The Balaban J connectivity index is 2.29. The second-order valence-corrected chi connectivity index (χ2v) is 8.63. The normalized spacial score (nSPS) is 11.3. The van der Waals surface area contributed by atoms with Crippen molar-refractivity contribution < 1.29 is 13.2 Å². The number of hydrogen-bond donors (Lipinski definition) is 1. The predicted molar refractivity (Wildman–Crippen MR) is 113 cm³/mol. The van der Waals surface area contributed by atoms with Gasteiger partial charge in [0.05, 0.1) is 4.90 Å². The van der Waals surface area contributed by atoms with E-state index in [1.807, 2.05) is 57.1 Å². The van der Waals surface area contributed by atoms with Crippen LogP contribution in [0.15, 0.2) is 47.4 Å². The molecule has 0 fully saturated rings. The highest BCUT2D eigenvalue weighted by molar-refractivity contribution is 7.89. The quantitative estimate of drug-likeness (QED) is 0.736. The molecule has 1 N–H and O–H groups in total. The van der Waals surface area contributed by atoms with Gasteiger partial charge >= 0.3 is 0 Å². The molecule has 2 rings (SSSR count). The lowest BCUT2D eigenvalue weighted by atomic mass is 10.1. The van der Waals surface area contributed by atoms with Gasteiger partial charge in [-0.2, -0.15) is 0 Å². The highest BCUT2D eigenvalue weighted by Gasteiger charge is 2.21. The van der Waals surface area contributed by atoms with Crippen molar-refractivity contribution >= 4 is 21.6 Å². The van der Waals surface area contributed by atoms with Crippen molar-refractivity contribution in [1.82, 2.24) is 9.62 Å². The molecule has 0 aromatic heterocycles. The fraction of sp³-hybridized carbons (Fsp3) is 0.381.